The van der Waals surface area contributed by atoms with E-state index < -0.39 is 0 Å². The first-order valence-corrected chi connectivity index (χ1v) is 8.70. The average Bonchev–Trinajstić information content (AvgIpc) is 3.24. The van der Waals surface area contributed by atoms with Gasteiger partial charge in [-0.25, -0.2) is 9.97 Å². The molecule has 1 saturated carbocycles. The van der Waals surface area contributed by atoms with Crippen LogP contribution in [0.25, 0.3) is 5.82 Å². The van der Waals surface area contributed by atoms with Crippen LogP contribution >= 0.6 is 0 Å². The molecule has 0 spiro atoms. The van der Waals surface area contributed by atoms with Crippen molar-refractivity contribution in [2.24, 2.45) is 5.92 Å². The highest BCUT2D eigenvalue weighted by atomic mass is 16.1. The zero-order chi connectivity index (χ0) is 16.8. The molecule has 1 aliphatic carbocycles. The number of rotatable bonds is 7. The van der Waals surface area contributed by atoms with Crippen LogP contribution in [0.1, 0.15) is 37.9 Å². The molecule has 2 N–H and O–H groups in total. The molecule has 6 nitrogen and oxygen atoms in total. The van der Waals surface area contributed by atoms with Gasteiger partial charge in [-0.15, -0.1) is 0 Å². The number of nitrogens with zero attached hydrogens (tertiary/aromatic N) is 3. The molecule has 128 valence electrons. The van der Waals surface area contributed by atoms with Gasteiger partial charge in [0.25, 0.3) is 0 Å². The maximum atomic E-state index is 11.9. The maximum absolute atomic E-state index is 11.9. The Labute approximate surface area is 142 Å². The molecule has 3 rings (SSSR count). The van der Waals surface area contributed by atoms with Gasteiger partial charge in [0.2, 0.25) is 5.91 Å². The van der Waals surface area contributed by atoms with E-state index in [0.29, 0.717) is 31.3 Å². The van der Waals surface area contributed by atoms with Crippen molar-refractivity contribution >= 4 is 11.7 Å². The predicted octanol–water partition coefficient (Wildman–Crippen LogP) is 2.68. The van der Waals surface area contributed by atoms with Crippen LogP contribution in [-0.2, 0) is 4.79 Å². The zero-order valence-corrected chi connectivity index (χ0v) is 14.2. The second kappa shape index (κ2) is 7.95. The molecule has 1 amide bonds. The van der Waals surface area contributed by atoms with Gasteiger partial charge in [-0.2, -0.15) is 0 Å². The monoisotopic (exact) mass is 327 g/mol. The summed E-state index contributed by atoms with van der Waals surface area (Å²) >= 11 is 0. The molecular weight excluding hydrogens is 302 g/mol. The van der Waals surface area contributed by atoms with Gasteiger partial charge in [0, 0.05) is 38.0 Å². The van der Waals surface area contributed by atoms with Crippen molar-refractivity contribution in [3.8, 4) is 5.82 Å². The van der Waals surface area contributed by atoms with Crippen molar-refractivity contribution in [3.05, 3.63) is 36.4 Å². The third-order valence-corrected chi connectivity index (χ3v) is 4.40. The highest BCUT2D eigenvalue weighted by Crippen LogP contribution is 2.27. The summed E-state index contributed by atoms with van der Waals surface area (Å²) in [5.74, 6) is 3.08. The van der Waals surface area contributed by atoms with Crippen molar-refractivity contribution in [1.29, 1.82) is 0 Å². The molecule has 1 fully saturated rings. The number of hydrogen-bond acceptors (Lipinski definition) is 4. The lowest BCUT2D eigenvalue weighted by atomic mass is 10.0. The molecule has 0 atom stereocenters. The summed E-state index contributed by atoms with van der Waals surface area (Å²) in [5, 5.41) is 6.24. The summed E-state index contributed by atoms with van der Waals surface area (Å²) < 4.78 is 1.95. The lowest BCUT2D eigenvalue weighted by Gasteiger charge is -2.11. The zero-order valence-electron chi connectivity index (χ0n) is 14.2. The number of aryl methyl sites for hydroxylation is 1. The van der Waals surface area contributed by atoms with Gasteiger partial charge in [0.05, 0.1) is 0 Å². The van der Waals surface area contributed by atoms with E-state index in [4.69, 9.17) is 0 Å². The molecule has 0 aliphatic heterocycles. The number of aromatic nitrogens is 3. The van der Waals surface area contributed by atoms with Crippen LogP contribution in [0.3, 0.4) is 0 Å². The minimum atomic E-state index is 0.163. The summed E-state index contributed by atoms with van der Waals surface area (Å²) in [5.41, 5.74) is 0. The number of amides is 1. The SMILES string of the molecule is Cc1nc(NCCNC(=O)CC2CCCC2)cc(-n2cccc2)n1. The van der Waals surface area contributed by atoms with Crippen molar-refractivity contribution in [2.75, 3.05) is 18.4 Å². The third-order valence-electron chi connectivity index (χ3n) is 4.40. The largest absolute Gasteiger partial charge is 0.368 e. The molecule has 2 heterocycles. The molecule has 0 aromatic carbocycles. The Morgan fingerprint density at radius 2 is 1.96 bits per heavy atom. The highest BCUT2D eigenvalue weighted by Gasteiger charge is 2.17. The van der Waals surface area contributed by atoms with E-state index in [1.807, 2.05) is 42.1 Å². The fraction of sp³-hybridized carbons (Fsp3) is 0.500. The minimum Gasteiger partial charge on any atom is -0.368 e. The van der Waals surface area contributed by atoms with E-state index in [2.05, 4.69) is 20.6 Å². The van der Waals surface area contributed by atoms with Crippen molar-refractivity contribution < 1.29 is 4.79 Å². The van der Waals surface area contributed by atoms with Crippen molar-refractivity contribution in [2.45, 2.75) is 39.0 Å². The number of nitrogens with one attached hydrogen (secondary N) is 2. The molecule has 2 aromatic heterocycles. The van der Waals surface area contributed by atoms with Gasteiger partial charge in [-0.1, -0.05) is 12.8 Å². The average molecular weight is 327 g/mol. The molecule has 6 heteroatoms. The number of carbonyl (C=O) groups excluding carboxylic acids is 1. The second-order valence-corrected chi connectivity index (χ2v) is 6.38. The Morgan fingerprint density at radius 3 is 2.71 bits per heavy atom. The van der Waals surface area contributed by atoms with Crippen LogP contribution < -0.4 is 10.6 Å². The summed E-state index contributed by atoms with van der Waals surface area (Å²) in [6, 6.07) is 5.84. The van der Waals surface area contributed by atoms with Crippen LogP contribution in [0.4, 0.5) is 5.82 Å². The minimum absolute atomic E-state index is 0.163. The van der Waals surface area contributed by atoms with Crippen LogP contribution in [0.15, 0.2) is 30.6 Å². The lowest BCUT2D eigenvalue weighted by Crippen LogP contribution is -2.30. The molecule has 1 aliphatic rings. The summed E-state index contributed by atoms with van der Waals surface area (Å²) in [6.07, 6.45) is 9.53. The van der Waals surface area contributed by atoms with E-state index in [-0.39, 0.29) is 5.91 Å². The van der Waals surface area contributed by atoms with E-state index in [0.717, 1.165) is 11.6 Å². The Morgan fingerprint density at radius 1 is 1.21 bits per heavy atom. The third kappa shape index (κ3) is 4.57. The topological polar surface area (TPSA) is 71.8 Å². The quantitative estimate of drug-likeness (QED) is 0.767. The van der Waals surface area contributed by atoms with E-state index in [9.17, 15) is 4.79 Å². The normalized spacial score (nSPS) is 14.7. The summed E-state index contributed by atoms with van der Waals surface area (Å²) in [4.78, 5) is 20.7. The van der Waals surface area contributed by atoms with E-state index in [1.165, 1.54) is 25.7 Å². The number of hydrogen-bond donors (Lipinski definition) is 2. The smallest absolute Gasteiger partial charge is 0.220 e. The lowest BCUT2D eigenvalue weighted by molar-refractivity contribution is -0.121. The van der Waals surface area contributed by atoms with Crippen LogP contribution in [0, 0.1) is 12.8 Å². The van der Waals surface area contributed by atoms with Crippen LogP contribution in [-0.4, -0.2) is 33.5 Å². The van der Waals surface area contributed by atoms with E-state index in [1.54, 1.807) is 0 Å². The van der Waals surface area contributed by atoms with Crippen LogP contribution in [0.2, 0.25) is 0 Å². The molecule has 0 unspecified atom stereocenters. The first kappa shape index (κ1) is 16.5. The Bertz CT molecular complexity index is 662. The predicted molar refractivity (Wildman–Crippen MR) is 94.2 cm³/mol. The van der Waals surface area contributed by atoms with Crippen molar-refractivity contribution in [3.63, 3.8) is 0 Å². The fourth-order valence-corrected chi connectivity index (χ4v) is 3.20. The first-order chi connectivity index (χ1) is 11.7. The van der Waals surface area contributed by atoms with Gasteiger partial charge in [0.1, 0.15) is 17.5 Å². The van der Waals surface area contributed by atoms with Gasteiger partial charge >= 0.3 is 0 Å². The fourth-order valence-electron chi connectivity index (χ4n) is 3.20. The van der Waals surface area contributed by atoms with Gasteiger partial charge in [-0.05, 0) is 37.8 Å². The Kier molecular flexibility index (Phi) is 5.46. The first-order valence-electron chi connectivity index (χ1n) is 8.70. The Hall–Kier alpha value is -2.37. The second-order valence-electron chi connectivity index (χ2n) is 6.38. The van der Waals surface area contributed by atoms with E-state index >= 15 is 0 Å². The highest BCUT2D eigenvalue weighted by molar-refractivity contribution is 5.76. The molecule has 0 radical (unpaired) electrons. The van der Waals surface area contributed by atoms with Gasteiger partial charge in [0.15, 0.2) is 0 Å². The molecule has 0 bridgehead atoms. The molecule has 24 heavy (non-hydrogen) atoms. The maximum Gasteiger partial charge on any atom is 0.220 e. The molecule has 2 aromatic rings. The summed E-state index contributed by atoms with van der Waals surface area (Å²) in [6.45, 7) is 3.13. The molecular formula is C18H25N5O. The van der Waals surface area contributed by atoms with Gasteiger partial charge < -0.3 is 15.2 Å². The molecule has 0 saturated heterocycles. The van der Waals surface area contributed by atoms with Crippen molar-refractivity contribution in [1.82, 2.24) is 19.9 Å². The Balaban J connectivity index is 1.45. The van der Waals surface area contributed by atoms with Gasteiger partial charge in [-0.3, -0.25) is 4.79 Å². The number of carbonyl (C=O) groups is 1. The summed E-state index contributed by atoms with van der Waals surface area (Å²) in [7, 11) is 0. The standard InChI is InChI=1S/C18H25N5O/c1-14-21-16(13-17(22-14)23-10-4-5-11-23)19-8-9-20-18(24)12-15-6-2-3-7-15/h4-5,10-11,13,15H,2-3,6-9,12H2,1H3,(H,20,24)(H,19,21,22). The van der Waals surface area contributed by atoms with Crippen LogP contribution in [0.5, 0.6) is 0 Å². The number of anilines is 1.